The molecule has 0 aliphatic heterocycles. The van der Waals surface area contributed by atoms with Gasteiger partial charge in [0.2, 0.25) is 5.82 Å². The van der Waals surface area contributed by atoms with E-state index >= 15 is 0 Å². The van der Waals surface area contributed by atoms with E-state index in [2.05, 4.69) is 41.9 Å². The predicted molar refractivity (Wildman–Crippen MR) is 114 cm³/mol. The fraction of sp³-hybridized carbons (Fsp3) is 0.0476. The maximum absolute atomic E-state index is 12.6. The van der Waals surface area contributed by atoms with Crippen molar-refractivity contribution in [2.24, 2.45) is 0 Å². The highest BCUT2D eigenvalue weighted by molar-refractivity contribution is 9.10. The third kappa shape index (κ3) is 4.64. The highest BCUT2D eigenvalue weighted by Gasteiger charge is 2.14. The third-order valence-electron chi connectivity index (χ3n) is 4.12. The van der Waals surface area contributed by atoms with Crippen LogP contribution in [-0.4, -0.2) is 21.0 Å². The topological polar surface area (TPSA) is 102 Å². The summed E-state index contributed by atoms with van der Waals surface area (Å²) in [5.41, 5.74) is 7.26. The van der Waals surface area contributed by atoms with Crippen LogP contribution in [-0.2, 0) is 6.61 Å². The molecule has 2 heterocycles. The summed E-state index contributed by atoms with van der Waals surface area (Å²) >= 11 is 3.49. The summed E-state index contributed by atoms with van der Waals surface area (Å²) < 4.78 is 11.9. The van der Waals surface area contributed by atoms with Crippen molar-refractivity contribution in [1.82, 2.24) is 20.6 Å². The van der Waals surface area contributed by atoms with E-state index < -0.39 is 5.91 Å². The van der Waals surface area contributed by atoms with Crippen LogP contribution in [0, 0.1) is 0 Å². The van der Waals surface area contributed by atoms with Gasteiger partial charge in [0.1, 0.15) is 12.4 Å². The Kier molecular flexibility index (Phi) is 6.00. The molecule has 2 N–H and O–H groups in total. The van der Waals surface area contributed by atoms with Crippen LogP contribution < -0.4 is 15.6 Å². The Balaban J connectivity index is 1.40. The number of amides is 1. The minimum Gasteiger partial charge on any atom is -0.488 e. The van der Waals surface area contributed by atoms with E-state index in [0.717, 1.165) is 15.6 Å². The first-order valence-electron chi connectivity index (χ1n) is 8.96. The number of nitrogens with zero attached hydrogens (tertiary/aromatic N) is 3. The number of halogens is 1. The summed E-state index contributed by atoms with van der Waals surface area (Å²) in [5, 5.41) is 3.87. The second-order valence-electron chi connectivity index (χ2n) is 6.11. The Morgan fingerprint density at radius 2 is 1.80 bits per heavy atom. The zero-order chi connectivity index (χ0) is 20.8. The number of hydrazine groups is 1. The standard InChI is InChI=1S/C21H16BrN5O3/c22-17-7-3-1-5-15(17)13-29-18-8-4-2-6-16(18)20(28)25-26-21-24-19(27-30-21)14-9-11-23-12-10-14/h1-12H,13H2,(H,25,28)(H,24,26,27). The van der Waals surface area contributed by atoms with Gasteiger partial charge in [0.25, 0.3) is 5.91 Å². The molecule has 0 spiro atoms. The first-order chi connectivity index (χ1) is 14.7. The summed E-state index contributed by atoms with van der Waals surface area (Å²) in [5.74, 6) is 0.434. The zero-order valence-corrected chi connectivity index (χ0v) is 17.2. The molecule has 0 aliphatic carbocycles. The third-order valence-corrected chi connectivity index (χ3v) is 4.89. The van der Waals surface area contributed by atoms with Gasteiger partial charge in [0, 0.05) is 28.0 Å². The molecule has 0 bridgehead atoms. The number of aromatic nitrogens is 3. The quantitative estimate of drug-likeness (QED) is 0.393. The largest absolute Gasteiger partial charge is 0.488 e. The van der Waals surface area contributed by atoms with Crippen molar-refractivity contribution in [2.45, 2.75) is 6.61 Å². The summed E-state index contributed by atoms with van der Waals surface area (Å²) in [4.78, 5) is 20.8. The van der Waals surface area contributed by atoms with E-state index in [1.54, 1.807) is 48.8 Å². The van der Waals surface area contributed by atoms with E-state index in [1.165, 1.54) is 0 Å². The second kappa shape index (κ2) is 9.19. The number of pyridine rings is 1. The average molecular weight is 466 g/mol. The molecule has 150 valence electrons. The second-order valence-corrected chi connectivity index (χ2v) is 6.97. The fourth-order valence-corrected chi connectivity index (χ4v) is 3.02. The lowest BCUT2D eigenvalue weighted by Gasteiger charge is -2.12. The number of hydrogen-bond donors (Lipinski definition) is 2. The minimum atomic E-state index is -0.401. The Morgan fingerprint density at radius 3 is 2.63 bits per heavy atom. The van der Waals surface area contributed by atoms with Crippen LogP contribution in [0.4, 0.5) is 6.01 Å². The molecule has 0 fully saturated rings. The summed E-state index contributed by atoms with van der Waals surface area (Å²) in [6, 6.07) is 18.3. The molecule has 0 saturated carbocycles. The van der Waals surface area contributed by atoms with Gasteiger partial charge in [-0.25, -0.2) is 5.43 Å². The summed E-state index contributed by atoms with van der Waals surface area (Å²) in [6.45, 7) is 0.318. The monoisotopic (exact) mass is 465 g/mol. The minimum absolute atomic E-state index is 0.0572. The zero-order valence-electron chi connectivity index (χ0n) is 15.6. The Hall–Kier alpha value is -3.72. The number of para-hydroxylation sites is 1. The normalized spacial score (nSPS) is 10.4. The van der Waals surface area contributed by atoms with Gasteiger partial charge in [-0.3, -0.25) is 15.2 Å². The number of rotatable bonds is 7. The number of benzene rings is 2. The highest BCUT2D eigenvalue weighted by atomic mass is 79.9. The number of hydrogen-bond acceptors (Lipinski definition) is 7. The van der Waals surface area contributed by atoms with Crippen LogP contribution in [0.15, 0.2) is 82.1 Å². The molecule has 4 rings (SSSR count). The van der Waals surface area contributed by atoms with Gasteiger partial charge in [0.15, 0.2) is 0 Å². The van der Waals surface area contributed by atoms with Crippen LogP contribution in [0.2, 0.25) is 0 Å². The van der Waals surface area contributed by atoms with E-state index in [1.807, 2.05) is 24.3 Å². The fourth-order valence-electron chi connectivity index (χ4n) is 2.62. The molecule has 0 saturated heterocycles. The van der Waals surface area contributed by atoms with Crippen LogP contribution in [0.1, 0.15) is 15.9 Å². The first-order valence-corrected chi connectivity index (χ1v) is 9.76. The SMILES string of the molecule is O=C(NNc1nc(-c2ccncc2)no1)c1ccccc1OCc1ccccc1Br. The van der Waals surface area contributed by atoms with Gasteiger partial charge in [-0.05, 0) is 30.3 Å². The van der Waals surface area contributed by atoms with Crippen LogP contribution in [0.5, 0.6) is 5.75 Å². The average Bonchev–Trinajstić information content (AvgIpc) is 3.27. The van der Waals surface area contributed by atoms with Crippen LogP contribution >= 0.6 is 15.9 Å². The molecule has 8 nitrogen and oxygen atoms in total. The molecule has 0 radical (unpaired) electrons. The maximum Gasteiger partial charge on any atom is 0.340 e. The lowest BCUT2D eigenvalue weighted by Crippen LogP contribution is -2.29. The smallest absolute Gasteiger partial charge is 0.340 e. The van der Waals surface area contributed by atoms with Gasteiger partial charge in [-0.15, -0.1) is 0 Å². The van der Waals surface area contributed by atoms with Crippen molar-refractivity contribution in [3.05, 3.63) is 88.7 Å². The Bertz CT molecular complexity index is 1150. The van der Waals surface area contributed by atoms with Gasteiger partial charge in [0.05, 0.1) is 5.56 Å². The number of carbonyl (C=O) groups is 1. The lowest BCUT2D eigenvalue weighted by molar-refractivity contribution is 0.0956. The lowest BCUT2D eigenvalue weighted by atomic mass is 10.2. The van der Waals surface area contributed by atoms with Crippen molar-refractivity contribution < 1.29 is 14.1 Å². The van der Waals surface area contributed by atoms with Crippen molar-refractivity contribution in [3.63, 3.8) is 0 Å². The molecule has 1 amide bonds. The molecule has 0 unspecified atom stereocenters. The number of anilines is 1. The summed E-state index contributed by atoms with van der Waals surface area (Å²) in [7, 11) is 0. The maximum atomic E-state index is 12.6. The van der Waals surface area contributed by atoms with Crippen molar-refractivity contribution in [1.29, 1.82) is 0 Å². The molecule has 0 aliphatic rings. The van der Waals surface area contributed by atoms with Crippen molar-refractivity contribution in [3.8, 4) is 17.1 Å². The molecule has 2 aromatic heterocycles. The number of carbonyl (C=O) groups excluding carboxylic acids is 1. The molecule has 30 heavy (non-hydrogen) atoms. The van der Waals surface area contributed by atoms with Crippen molar-refractivity contribution in [2.75, 3.05) is 5.43 Å². The van der Waals surface area contributed by atoms with E-state index in [4.69, 9.17) is 9.26 Å². The van der Waals surface area contributed by atoms with E-state index in [9.17, 15) is 4.79 Å². The summed E-state index contributed by atoms with van der Waals surface area (Å²) in [6.07, 6.45) is 3.26. The van der Waals surface area contributed by atoms with Crippen LogP contribution in [0.3, 0.4) is 0 Å². The van der Waals surface area contributed by atoms with E-state index in [-0.39, 0.29) is 6.01 Å². The first kappa shape index (κ1) is 19.6. The van der Waals surface area contributed by atoms with Gasteiger partial charge in [-0.2, -0.15) is 4.98 Å². The van der Waals surface area contributed by atoms with E-state index in [0.29, 0.717) is 23.7 Å². The molecule has 2 aromatic carbocycles. The number of ether oxygens (including phenoxy) is 1. The molecular weight excluding hydrogens is 450 g/mol. The van der Waals surface area contributed by atoms with Crippen molar-refractivity contribution >= 4 is 27.9 Å². The van der Waals surface area contributed by atoms with Crippen LogP contribution in [0.25, 0.3) is 11.4 Å². The molecular formula is C21H16BrN5O3. The Labute approximate surface area is 180 Å². The molecule has 0 atom stereocenters. The Morgan fingerprint density at radius 1 is 1.03 bits per heavy atom. The molecule has 4 aromatic rings. The van der Waals surface area contributed by atoms with Gasteiger partial charge in [-0.1, -0.05) is 51.4 Å². The molecule has 9 heteroatoms. The van der Waals surface area contributed by atoms with Gasteiger partial charge >= 0.3 is 6.01 Å². The number of nitrogens with one attached hydrogen (secondary N) is 2. The highest BCUT2D eigenvalue weighted by Crippen LogP contribution is 2.22. The van der Waals surface area contributed by atoms with Gasteiger partial charge < -0.3 is 9.26 Å². The predicted octanol–water partition coefficient (Wildman–Crippen LogP) is 4.23.